The summed E-state index contributed by atoms with van der Waals surface area (Å²) in [6.07, 6.45) is 1.45. The van der Waals surface area contributed by atoms with Gasteiger partial charge in [-0.2, -0.15) is 0 Å². The minimum atomic E-state index is -0.550. The van der Waals surface area contributed by atoms with Gasteiger partial charge in [-0.1, -0.05) is 46.3 Å². The molecule has 6 nitrogen and oxygen atoms in total. The highest BCUT2D eigenvalue weighted by atomic mass is 79.9. The lowest BCUT2D eigenvalue weighted by Crippen LogP contribution is -2.50. The first kappa shape index (κ1) is 24.1. The highest BCUT2D eigenvalue weighted by Gasteiger charge is 2.27. The van der Waals surface area contributed by atoms with Crippen molar-refractivity contribution in [2.24, 2.45) is 0 Å². The molecule has 32 heavy (non-hydrogen) atoms. The number of benzene rings is 2. The van der Waals surface area contributed by atoms with Gasteiger partial charge in [0, 0.05) is 29.2 Å². The third kappa shape index (κ3) is 7.55. The molecule has 0 saturated carbocycles. The van der Waals surface area contributed by atoms with E-state index in [-0.39, 0.29) is 18.4 Å². The Morgan fingerprint density at radius 1 is 1.16 bits per heavy atom. The van der Waals surface area contributed by atoms with Crippen molar-refractivity contribution in [2.45, 2.75) is 58.3 Å². The molecule has 1 aliphatic heterocycles. The number of ether oxygens (including phenoxy) is 2. The molecular formula is C25H31BrN2O4. The number of nitrogens with zero attached hydrogens (tertiary/aromatic N) is 1. The van der Waals surface area contributed by atoms with E-state index in [0.717, 1.165) is 28.4 Å². The molecule has 1 fully saturated rings. The molecule has 0 bridgehead atoms. The third-order valence-corrected chi connectivity index (χ3v) is 5.59. The standard InChI is InChI=1S/C25H31BrN2O4/c1-25(2,3)32-24(30)27-21-10-7-13-28(16-21)23(29)15-19-14-20(26)11-12-22(19)31-17-18-8-5-4-6-9-18/h4-6,8-9,11-12,14,21H,7,10,13,15-17H2,1-3H3,(H,27,30)/t21-/m0/s1. The summed E-state index contributed by atoms with van der Waals surface area (Å²) in [5, 5.41) is 2.90. The summed E-state index contributed by atoms with van der Waals surface area (Å²) >= 11 is 3.50. The molecule has 0 radical (unpaired) electrons. The molecule has 2 aromatic carbocycles. The molecule has 1 N–H and O–H groups in total. The second-order valence-electron chi connectivity index (χ2n) is 9.03. The Morgan fingerprint density at radius 3 is 2.62 bits per heavy atom. The Kier molecular flexibility index (Phi) is 8.18. The van der Waals surface area contributed by atoms with Crippen LogP contribution < -0.4 is 10.1 Å². The Labute approximate surface area is 198 Å². The van der Waals surface area contributed by atoms with Crippen molar-refractivity contribution in [1.82, 2.24) is 10.2 Å². The van der Waals surface area contributed by atoms with Crippen LogP contribution in [0.4, 0.5) is 4.79 Å². The lowest BCUT2D eigenvalue weighted by atomic mass is 10.0. The molecule has 0 aromatic heterocycles. The highest BCUT2D eigenvalue weighted by Crippen LogP contribution is 2.26. The maximum absolute atomic E-state index is 13.1. The highest BCUT2D eigenvalue weighted by molar-refractivity contribution is 9.10. The molecule has 2 aromatic rings. The largest absolute Gasteiger partial charge is 0.489 e. The smallest absolute Gasteiger partial charge is 0.407 e. The molecule has 1 saturated heterocycles. The summed E-state index contributed by atoms with van der Waals surface area (Å²) in [4.78, 5) is 27.0. The fourth-order valence-corrected chi connectivity index (χ4v) is 4.04. The molecule has 2 amide bonds. The summed E-state index contributed by atoms with van der Waals surface area (Å²) < 4.78 is 12.3. The first-order chi connectivity index (χ1) is 15.2. The normalized spacial score (nSPS) is 16.4. The fraction of sp³-hybridized carbons (Fsp3) is 0.440. The van der Waals surface area contributed by atoms with Crippen LogP contribution >= 0.6 is 15.9 Å². The van der Waals surface area contributed by atoms with E-state index >= 15 is 0 Å². The lowest BCUT2D eigenvalue weighted by Gasteiger charge is -2.33. The quantitative estimate of drug-likeness (QED) is 0.597. The number of nitrogens with one attached hydrogen (secondary N) is 1. The minimum absolute atomic E-state index is 0.0170. The van der Waals surface area contributed by atoms with Gasteiger partial charge in [-0.05, 0) is 57.4 Å². The van der Waals surface area contributed by atoms with Crippen molar-refractivity contribution in [1.29, 1.82) is 0 Å². The van der Waals surface area contributed by atoms with Crippen LogP contribution in [0.15, 0.2) is 53.0 Å². The van der Waals surface area contributed by atoms with Gasteiger partial charge in [-0.3, -0.25) is 4.79 Å². The van der Waals surface area contributed by atoms with Gasteiger partial charge in [0.25, 0.3) is 0 Å². The van der Waals surface area contributed by atoms with E-state index in [1.807, 2.05) is 74.2 Å². The van der Waals surface area contributed by atoms with E-state index in [0.29, 0.717) is 25.4 Å². The Balaban J connectivity index is 1.61. The van der Waals surface area contributed by atoms with E-state index in [1.165, 1.54) is 0 Å². The van der Waals surface area contributed by atoms with E-state index in [1.54, 1.807) is 0 Å². The van der Waals surface area contributed by atoms with Gasteiger partial charge < -0.3 is 19.7 Å². The average Bonchev–Trinajstić information content (AvgIpc) is 2.72. The second kappa shape index (κ2) is 10.9. The van der Waals surface area contributed by atoms with Crippen molar-refractivity contribution in [2.75, 3.05) is 13.1 Å². The summed E-state index contributed by atoms with van der Waals surface area (Å²) in [5.41, 5.74) is 1.35. The molecule has 0 spiro atoms. The number of hydrogen-bond donors (Lipinski definition) is 1. The summed E-state index contributed by atoms with van der Waals surface area (Å²) in [6, 6.07) is 15.6. The summed E-state index contributed by atoms with van der Waals surface area (Å²) in [6.45, 7) is 7.09. The second-order valence-corrected chi connectivity index (χ2v) is 9.94. The average molecular weight is 503 g/mol. The van der Waals surface area contributed by atoms with Crippen LogP contribution in [0.5, 0.6) is 5.75 Å². The van der Waals surface area contributed by atoms with E-state index in [4.69, 9.17) is 9.47 Å². The molecule has 3 rings (SSSR count). The molecule has 1 heterocycles. The zero-order chi connectivity index (χ0) is 23.1. The van der Waals surface area contributed by atoms with Gasteiger partial charge in [0.1, 0.15) is 18.0 Å². The van der Waals surface area contributed by atoms with E-state index in [9.17, 15) is 9.59 Å². The predicted molar refractivity (Wildman–Crippen MR) is 128 cm³/mol. The first-order valence-electron chi connectivity index (χ1n) is 10.9. The van der Waals surface area contributed by atoms with E-state index in [2.05, 4.69) is 21.2 Å². The monoisotopic (exact) mass is 502 g/mol. The number of alkyl carbamates (subject to hydrolysis) is 1. The summed E-state index contributed by atoms with van der Waals surface area (Å²) in [5.74, 6) is 0.717. The number of hydrogen-bond acceptors (Lipinski definition) is 4. The minimum Gasteiger partial charge on any atom is -0.489 e. The van der Waals surface area contributed by atoms with Crippen LogP contribution in [-0.4, -0.2) is 41.6 Å². The molecule has 7 heteroatoms. The van der Waals surface area contributed by atoms with Gasteiger partial charge in [-0.15, -0.1) is 0 Å². The Hall–Kier alpha value is -2.54. The van der Waals surface area contributed by atoms with Crippen LogP contribution in [0.1, 0.15) is 44.7 Å². The predicted octanol–water partition coefficient (Wildman–Crippen LogP) is 5.09. The van der Waals surface area contributed by atoms with Gasteiger partial charge in [0.05, 0.1) is 6.42 Å². The Bertz CT molecular complexity index is 927. The van der Waals surface area contributed by atoms with Crippen LogP contribution in [0, 0.1) is 0 Å². The number of amides is 2. The SMILES string of the molecule is CC(C)(C)OC(=O)N[C@H]1CCCN(C(=O)Cc2cc(Br)ccc2OCc2ccccc2)C1. The number of carbonyl (C=O) groups excluding carboxylic acids is 2. The molecule has 0 aliphatic carbocycles. The number of rotatable bonds is 6. The maximum Gasteiger partial charge on any atom is 0.407 e. The molecule has 172 valence electrons. The van der Waals surface area contributed by atoms with Crippen molar-refractivity contribution >= 4 is 27.9 Å². The molecule has 1 aliphatic rings. The molecule has 0 unspecified atom stereocenters. The fourth-order valence-electron chi connectivity index (χ4n) is 3.63. The number of halogens is 1. The van der Waals surface area contributed by atoms with Crippen LogP contribution in [0.2, 0.25) is 0 Å². The van der Waals surface area contributed by atoms with Gasteiger partial charge >= 0.3 is 6.09 Å². The van der Waals surface area contributed by atoms with Crippen LogP contribution in [-0.2, 0) is 22.6 Å². The lowest BCUT2D eigenvalue weighted by molar-refractivity contribution is -0.131. The summed E-state index contributed by atoms with van der Waals surface area (Å²) in [7, 11) is 0. The zero-order valence-electron chi connectivity index (χ0n) is 18.9. The van der Waals surface area contributed by atoms with Crippen molar-refractivity contribution in [3.8, 4) is 5.75 Å². The van der Waals surface area contributed by atoms with Crippen molar-refractivity contribution < 1.29 is 19.1 Å². The number of likely N-dealkylation sites (tertiary alicyclic amines) is 1. The zero-order valence-corrected chi connectivity index (χ0v) is 20.5. The number of carbonyl (C=O) groups is 2. The van der Waals surface area contributed by atoms with Gasteiger partial charge in [0.2, 0.25) is 5.91 Å². The third-order valence-electron chi connectivity index (χ3n) is 5.10. The van der Waals surface area contributed by atoms with Crippen molar-refractivity contribution in [3.63, 3.8) is 0 Å². The topological polar surface area (TPSA) is 67.9 Å². The number of piperidine rings is 1. The van der Waals surface area contributed by atoms with E-state index < -0.39 is 11.7 Å². The van der Waals surface area contributed by atoms with Crippen LogP contribution in [0.25, 0.3) is 0 Å². The molecular weight excluding hydrogens is 472 g/mol. The first-order valence-corrected chi connectivity index (χ1v) is 11.7. The van der Waals surface area contributed by atoms with Crippen molar-refractivity contribution in [3.05, 3.63) is 64.1 Å². The van der Waals surface area contributed by atoms with Gasteiger partial charge in [0.15, 0.2) is 0 Å². The molecule has 1 atom stereocenters. The Morgan fingerprint density at radius 2 is 1.91 bits per heavy atom. The van der Waals surface area contributed by atoms with Gasteiger partial charge in [-0.25, -0.2) is 4.79 Å². The van der Waals surface area contributed by atoms with Crippen LogP contribution in [0.3, 0.4) is 0 Å². The maximum atomic E-state index is 13.1.